The van der Waals surface area contributed by atoms with E-state index in [1.807, 2.05) is 6.07 Å². The van der Waals surface area contributed by atoms with E-state index in [4.69, 9.17) is 4.74 Å². The van der Waals surface area contributed by atoms with Gasteiger partial charge >= 0.3 is 0 Å². The molecule has 1 amide bonds. The number of pyridine rings is 1. The zero-order valence-electron chi connectivity index (χ0n) is 11.9. The van der Waals surface area contributed by atoms with Crippen LogP contribution >= 0.6 is 0 Å². The van der Waals surface area contributed by atoms with Crippen LogP contribution in [0.1, 0.15) is 30.8 Å². The van der Waals surface area contributed by atoms with Crippen molar-refractivity contribution in [1.82, 2.24) is 9.88 Å². The lowest BCUT2D eigenvalue weighted by Gasteiger charge is -2.30. The van der Waals surface area contributed by atoms with Crippen LogP contribution in [0.15, 0.2) is 18.3 Å². The molecule has 2 rings (SSSR count). The largest absolute Gasteiger partial charge is 0.377 e. The lowest BCUT2D eigenvalue weighted by Crippen LogP contribution is -2.41. The van der Waals surface area contributed by atoms with Crippen LogP contribution in [0.25, 0.3) is 0 Å². The molecule has 1 aliphatic rings. The van der Waals surface area contributed by atoms with E-state index in [1.54, 1.807) is 26.4 Å². The summed E-state index contributed by atoms with van der Waals surface area (Å²) in [6.45, 7) is 4.96. The average Bonchev–Trinajstić information content (AvgIpc) is 2.68. The van der Waals surface area contributed by atoms with E-state index < -0.39 is 0 Å². The Bertz CT molecular complexity index is 476. The monoisotopic (exact) mass is 263 g/mol. The maximum atomic E-state index is 11.9. The smallest absolute Gasteiger partial charge is 0.272 e. The number of hydrogen-bond acceptors (Lipinski definition) is 4. The Morgan fingerprint density at radius 3 is 2.89 bits per heavy atom. The van der Waals surface area contributed by atoms with E-state index in [2.05, 4.69) is 24.1 Å². The normalized spacial score (nSPS) is 26.2. The molecule has 0 radical (unpaired) electrons. The van der Waals surface area contributed by atoms with Crippen molar-refractivity contribution in [3.63, 3.8) is 0 Å². The summed E-state index contributed by atoms with van der Waals surface area (Å²) < 4.78 is 5.60. The molecule has 0 aromatic carbocycles. The van der Waals surface area contributed by atoms with Gasteiger partial charge in [0.15, 0.2) is 0 Å². The molecule has 2 unspecified atom stereocenters. The fourth-order valence-corrected chi connectivity index (χ4v) is 2.18. The van der Waals surface area contributed by atoms with Gasteiger partial charge in [-0.3, -0.25) is 9.78 Å². The highest BCUT2D eigenvalue weighted by atomic mass is 16.5. The Balaban J connectivity index is 2.18. The summed E-state index contributed by atoms with van der Waals surface area (Å²) in [6, 6.07) is 3.67. The zero-order valence-corrected chi connectivity index (χ0v) is 11.9. The second kappa shape index (κ2) is 5.17. The van der Waals surface area contributed by atoms with Crippen LogP contribution in [0.2, 0.25) is 0 Å². The van der Waals surface area contributed by atoms with E-state index in [9.17, 15) is 4.79 Å². The van der Waals surface area contributed by atoms with Crippen molar-refractivity contribution in [2.24, 2.45) is 0 Å². The third-order valence-electron chi connectivity index (χ3n) is 3.70. The summed E-state index contributed by atoms with van der Waals surface area (Å²) in [5.74, 6) is -0.0930. The molecule has 0 bridgehead atoms. The number of aromatic nitrogens is 1. The van der Waals surface area contributed by atoms with Crippen molar-refractivity contribution in [2.75, 3.05) is 26.0 Å². The molecule has 104 valence electrons. The van der Waals surface area contributed by atoms with Gasteiger partial charge in [-0.15, -0.1) is 0 Å². The van der Waals surface area contributed by atoms with E-state index in [1.165, 1.54) is 4.90 Å². The van der Waals surface area contributed by atoms with Crippen LogP contribution in [0.5, 0.6) is 0 Å². The molecule has 1 aromatic heterocycles. The number of hydrogen-bond donors (Lipinski definition) is 1. The van der Waals surface area contributed by atoms with Crippen LogP contribution in [0, 0.1) is 0 Å². The number of ether oxygens (including phenoxy) is 1. The van der Waals surface area contributed by atoms with Crippen molar-refractivity contribution in [2.45, 2.75) is 31.9 Å². The average molecular weight is 263 g/mol. The number of amides is 1. The number of nitrogens with one attached hydrogen (secondary N) is 1. The summed E-state index contributed by atoms with van der Waals surface area (Å²) in [5.41, 5.74) is 1.25. The standard InChI is InChI=1S/C14H21N3O2/c1-10-14(2,6-8-19-10)16-11-5-7-15-12(9-11)13(18)17(3)4/h5,7,9-10H,6,8H2,1-4H3,(H,15,16). The first-order valence-corrected chi connectivity index (χ1v) is 6.50. The van der Waals surface area contributed by atoms with Crippen molar-refractivity contribution < 1.29 is 9.53 Å². The number of anilines is 1. The van der Waals surface area contributed by atoms with Gasteiger partial charge in [0.25, 0.3) is 5.91 Å². The van der Waals surface area contributed by atoms with Gasteiger partial charge in [0.05, 0.1) is 11.6 Å². The minimum atomic E-state index is -0.0974. The molecule has 0 aliphatic carbocycles. The Hall–Kier alpha value is -1.62. The second-order valence-corrected chi connectivity index (χ2v) is 5.43. The summed E-state index contributed by atoms with van der Waals surface area (Å²) in [4.78, 5) is 17.5. The first-order valence-electron chi connectivity index (χ1n) is 6.50. The Morgan fingerprint density at radius 2 is 2.32 bits per heavy atom. The van der Waals surface area contributed by atoms with Gasteiger partial charge in [-0.2, -0.15) is 0 Å². The number of rotatable bonds is 3. The molecule has 1 saturated heterocycles. The molecule has 0 saturated carbocycles. The molecular formula is C14H21N3O2. The zero-order chi connectivity index (χ0) is 14.0. The first-order chi connectivity index (χ1) is 8.92. The fourth-order valence-electron chi connectivity index (χ4n) is 2.18. The van der Waals surface area contributed by atoms with E-state index in [0.29, 0.717) is 5.69 Å². The van der Waals surface area contributed by atoms with E-state index in [0.717, 1.165) is 18.7 Å². The summed E-state index contributed by atoms with van der Waals surface area (Å²) in [6.07, 6.45) is 2.75. The van der Waals surface area contributed by atoms with Gasteiger partial charge in [-0.25, -0.2) is 0 Å². The molecule has 1 fully saturated rings. The molecule has 1 N–H and O–H groups in total. The Labute approximate surface area is 114 Å². The molecule has 5 heteroatoms. The third-order valence-corrected chi connectivity index (χ3v) is 3.70. The van der Waals surface area contributed by atoms with Crippen molar-refractivity contribution in [1.29, 1.82) is 0 Å². The van der Waals surface area contributed by atoms with Crippen molar-refractivity contribution in [3.8, 4) is 0 Å². The predicted octanol–water partition coefficient (Wildman–Crippen LogP) is 1.76. The third kappa shape index (κ3) is 2.87. The van der Waals surface area contributed by atoms with Crippen LogP contribution in [0.3, 0.4) is 0 Å². The van der Waals surface area contributed by atoms with Gasteiger partial charge in [0.2, 0.25) is 0 Å². The van der Waals surface area contributed by atoms with Gasteiger partial charge in [0, 0.05) is 32.6 Å². The number of nitrogens with zero attached hydrogens (tertiary/aromatic N) is 2. The SMILES string of the molecule is CC1OCCC1(C)Nc1ccnc(C(=O)N(C)C)c1. The molecule has 2 heterocycles. The minimum absolute atomic E-state index is 0.0930. The van der Waals surface area contributed by atoms with Gasteiger partial charge in [0.1, 0.15) is 5.69 Å². The van der Waals surface area contributed by atoms with Crippen molar-refractivity contribution in [3.05, 3.63) is 24.0 Å². The van der Waals surface area contributed by atoms with Gasteiger partial charge in [-0.05, 0) is 32.4 Å². The molecule has 19 heavy (non-hydrogen) atoms. The number of carbonyl (C=O) groups excluding carboxylic acids is 1. The maximum Gasteiger partial charge on any atom is 0.272 e. The summed E-state index contributed by atoms with van der Waals surface area (Å²) in [5, 5.41) is 3.47. The maximum absolute atomic E-state index is 11.9. The second-order valence-electron chi connectivity index (χ2n) is 5.43. The highest BCUT2D eigenvalue weighted by Gasteiger charge is 2.36. The Kier molecular flexibility index (Phi) is 3.75. The fraction of sp³-hybridized carbons (Fsp3) is 0.571. The van der Waals surface area contributed by atoms with Crippen LogP contribution in [-0.2, 0) is 4.74 Å². The number of carbonyl (C=O) groups is 1. The minimum Gasteiger partial charge on any atom is -0.377 e. The molecule has 5 nitrogen and oxygen atoms in total. The van der Waals surface area contributed by atoms with Crippen LogP contribution in [-0.4, -0.2) is 48.1 Å². The lowest BCUT2D eigenvalue weighted by molar-refractivity contribution is 0.0822. The van der Waals surface area contributed by atoms with E-state index >= 15 is 0 Å². The van der Waals surface area contributed by atoms with E-state index in [-0.39, 0.29) is 17.6 Å². The molecular weight excluding hydrogens is 242 g/mol. The van der Waals surface area contributed by atoms with Crippen LogP contribution < -0.4 is 5.32 Å². The quantitative estimate of drug-likeness (QED) is 0.903. The molecule has 1 aromatic rings. The predicted molar refractivity (Wildman–Crippen MR) is 74.3 cm³/mol. The first kappa shape index (κ1) is 13.8. The van der Waals surface area contributed by atoms with Crippen molar-refractivity contribution >= 4 is 11.6 Å². The van der Waals surface area contributed by atoms with Crippen LogP contribution in [0.4, 0.5) is 5.69 Å². The Morgan fingerprint density at radius 1 is 1.58 bits per heavy atom. The molecule has 1 aliphatic heterocycles. The highest BCUT2D eigenvalue weighted by Crippen LogP contribution is 2.29. The lowest BCUT2D eigenvalue weighted by atomic mass is 9.94. The summed E-state index contributed by atoms with van der Waals surface area (Å²) >= 11 is 0. The highest BCUT2D eigenvalue weighted by molar-refractivity contribution is 5.92. The summed E-state index contributed by atoms with van der Waals surface area (Å²) in [7, 11) is 3.44. The topological polar surface area (TPSA) is 54.5 Å². The van der Waals surface area contributed by atoms with Gasteiger partial charge in [-0.1, -0.05) is 0 Å². The molecule has 0 spiro atoms. The van der Waals surface area contributed by atoms with Gasteiger partial charge < -0.3 is 15.0 Å². The molecule has 2 atom stereocenters.